The molecule has 1 fully saturated rings. The number of likely N-dealkylation sites (tertiary alicyclic amines) is 1. The smallest absolute Gasteiger partial charge is 0.409 e. The number of nitrogens with zero attached hydrogens (tertiary/aromatic N) is 4. The molecule has 2 aromatic heterocycles. The average Bonchev–Trinajstić information content (AvgIpc) is 3.62. The Morgan fingerprint density at radius 1 is 1.05 bits per heavy atom. The van der Waals surface area contributed by atoms with Crippen molar-refractivity contribution in [1.82, 2.24) is 19.7 Å². The number of nitrogen functional groups attached to an aromatic ring is 1. The van der Waals surface area contributed by atoms with Gasteiger partial charge in [-0.05, 0) is 60.2 Å². The molecule has 42 heavy (non-hydrogen) atoms. The highest BCUT2D eigenvalue weighted by Crippen LogP contribution is 2.33. The maximum Gasteiger partial charge on any atom is 0.409 e. The van der Waals surface area contributed by atoms with Crippen LogP contribution < -0.4 is 10.5 Å². The number of anilines is 1. The summed E-state index contributed by atoms with van der Waals surface area (Å²) in [5.41, 5.74) is 10.4. The number of nitrogens with two attached hydrogens (primary N) is 1. The number of rotatable bonds is 8. The van der Waals surface area contributed by atoms with Gasteiger partial charge >= 0.3 is 12.1 Å². The van der Waals surface area contributed by atoms with Gasteiger partial charge < -0.3 is 25.2 Å². The predicted octanol–water partition coefficient (Wildman–Crippen LogP) is 5.44. The standard InChI is InChI=1S/C32H31N5O5/c1-2-41-32(40)36-14-12-24(18-36)37-28-10-9-22(21-8-7-20-11-13-34-31(33)25(20)15-21)16-26(28)27(35-37)19-42-29-6-4-3-5-23(29)17-30(38)39/h3-11,13,15-16,24H,2,12,14,17-19H2,1H3,(H2,33,34)(H,38,39)/t24-/m0/s1. The summed E-state index contributed by atoms with van der Waals surface area (Å²) in [5, 5.41) is 17.1. The monoisotopic (exact) mass is 565 g/mol. The zero-order valence-corrected chi connectivity index (χ0v) is 23.2. The summed E-state index contributed by atoms with van der Waals surface area (Å²) in [5.74, 6) is 0.0550. The Hall–Kier alpha value is -5.12. The van der Waals surface area contributed by atoms with Crippen molar-refractivity contribution in [3.05, 3.63) is 84.2 Å². The van der Waals surface area contributed by atoms with E-state index in [1.165, 1.54) is 0 Å². The van der Waals surface area contributed by atoms with Crippen LogP contribution in [0.5, 0.6) is 5.75 Å². The third kappa shape index (κ3) is 5.30. The molecule has 6 rings (SSSR count). The van der Waals surface area contributed by atoms with Crippen LogP contribution in [0, 0.1) is 0 Å². The minimum absolute atomic E-state index is 0.0256. The highest BCUT2D eigenvalue weighted by atomic mass is 16.6. The average molecular weight is 566 g/mol. The fourth-order valence-electron chi connectivity index (χ4n) is 5.56. The number of aromatic nitrogens is 3. The quantitative estimate of drug-likeness (QED) is 0.254. The Bertz CT molecular complexity index is 1800. The number of pyridine rings is 1. The topological polar surface area (TPSA) is 133 Å². The van der Waals surface area contributed by atoms with Gasteiger partial charge in [-0.1, -0.05) is 36.4 Å². The Morgan fingerprint density at radius 2 is 1.83 bits per heavy atom. The van der Waals surface area contributed by atoms with E-state index in [4.69, 9.17) is 20.3 Å². The maximum absolute atomic E-state index is 12.4. The van der Waals surface area contributed by atoms with E-state index in [0.717, 1.165) is 39.2 Å². The molecule has 1 aliphatic rings. The van der Waals surface area contributed by atoms with E-state index in [0.29, 0.717) is 42.5 Å². The number of carboxylic acid groups (broad SMARTS) is 1. The molecule has 0 radical (unpaired) electrons. The molecule has 10 nitrogen and oxygen atoms in total. The molecule has 3 aromatic carbocycles. The lowest BCUT2D eigenvalue weighted by atomic mass is 10.00. The molecule has 3 heterocycles. The number of para-hydroxylation sites is 1. The molecular weight excluding hydrogens is 534 g/mol. The van der Waals surface area contributed by atoms with E-state index >= 15 is 0 Å². The van der Waals surface area contributed by atoms with Crippen LogP contribution in [-0.4, -0.2) is 56.5 Å². The van der Waals surface area contributed by atoms with Crippen LogP contribution in [0.3, 0.4) is 0 Å². The number of carboxylic acids is 1. The number of aliphatic carboxylic acids is 1. The Labute approximate surface area is 242 Å². The number of amides is 1. The van der Waals surface area contributed by atoms with Crippen molar-refractivity contribution in [1.29, 1.82) is 0 Å². The van der Waals surface area contributed by atoms with E-state index in [1.54, 1.807) is 36.2 Å². The molecule has 1 aliphatic heterocycles. The first-order valence-electron chi connectivity index (χ1n) is 13.9. The molecule has 214 valence electrons. The Balaban J connectivity index is 1.38. The van der Waals surface area contributed by atoms with Gasteiger partial charge in [0.15, 0.2) is 0 Å². The molecular formula is C32H31N5O5. The number of ether oxygens (including phenoxy) is 2. The van der Waals surface area contributed by atoms with Crippen LogP contribution in [0.2, 0.25) is 0 Å². The Kier molecular flexibility index (Phi) is 7.35. The second kappa shape index (κ2) is 11.4. The minimum atomic E-state index is -0.927. The summed E-state index contributed by atoms with van der Waals surface area (Å²) in [6.45, 7) is 3.35. The van der Waals surface area contributed by atoms with E-state index < -0.39 is 5.97 Å². The van der Waals surface area contributed by atoms with Gasteiger partial charge in [-0.15, -0.1) is 0 Å². The number of hydrogen-bond acceptors (Lipinski definition) is 7. The van der Waals surface area contributed by atoms with Gasteiger partial charge in [0, 0.05) is 35.6 Å². The van der Waals surface area contributed by atoms with E-state index in [-0.39, 0.29) is 25.2 Å². The first-order chi connectivity index (χ1) is 20.4. The number of carbonyl (C=O) groups is 2. The first kappa shape index (κ1) is 27.1. The van der Waals surface area contributed by atoms with Gasteiger partial charge in [0.1, 0.15) is 23.9 Å². The van der Waals surface area contributed by atoms with Crippen molar-refractivity contribution in [3.8, 4) is 16.9 Å². The van der Waals surface area contributed by atoms with Crippen molar-refractivity contribution >= 4 is 39.6 Å². The third-order valence-electron chi connectivity index (χ3n) is 7.63. The van der Waals surface area contributed by atoms with Crippen LogP contribution in [-0.2, 0) is 22.6 Å². The summed E-state index contributed by atoms with van der Waals surface area (Å²) in [7, 11) is 0. The van der Waals surface area contributed by atoms with Crippen molar-refractivity contribution in [3.63, 3.8) is 0 Å². The second-order valence-corrected chi connectivity index (χ2v) is 10.3. The van der Waals surface area contributed by atoms with E-state index in [2.05, 4.69) is 23.2 Å². The van der Waals surface area contributed by atoms with Crippen molar-refractivity contribution < 1.29 is 24.2 Å². The first-order valence-corrected chi connectivity index (χ1v) is 13.9. The lowest BCUT2D eigenvalue weighted by Gasteiger charge is -2.16. The van der Waals surface area contributed by atoms with Crippen LogP contribution in [0.4, 0.5) is 10.6 Å². The number of carbonyl (C=O) groups excluding carboxylic acids is 1. The van der Waals surface area contributed by atoms with Crippen molar-refractivity contribution in [2.45, 2.75) is 32.4 Å². The summed E-state index contributed by atoms with van der Waals surface area (Å²) in [6.07, 6.45) is 1.99. The summed E-state index contributed by atoms with van der Waals surface area (Å²) >= 11 is 0. The zero-order chi connectivity index (χ0) is 29.2. The molecule has 0 unspecified atom stereocenters. The number of benzene rings is 3. The lowest BCUT2D eigenvalue weighted by molar-refractivity contribution is -0.136. The molecule has 1 saturated heterocycles. The Morgan fingerprint density at radius 3 is 2.64 bits per heavy atom. The minimum Gasteiger partial charge on any atom is -0.487 e. The summed E-state index contributed by atoms with van der Waals surface area (Å²) in [6, 6.07) is 21.4. The van der Waals surface area contributed by atoms with Crippen molar-refractivity contribution in [2.75, 3.05) is 25.4 Å². The number of fused-ring (bicyclic) bond motifs is 2. The van der Waals surface area contributed by atoms with Gasteiger partial charge in [-0.2, -0.15) is 5.10 Å². The molecule has 1 amide bonds. The molecule has 3 N–H and O–H groups in total. The fourth-order valence-corrected chi connectivity index (χ4v) is 5.56. The molecule has 0 spiro atoms. The van der Waals surface area contributed by atoms with Gasteiger partial charge in [-0.25, -0.2) is 9.78 Å². The molecule has 10 heteroatoms. The fraction of sp³-hybridized carbons (Fsp3) is 0.250. The SMILES string of the molecule is CCOC(=O)N1CC[C@H](n2nc(COc3ccccc3CC(=O)O)c3cc(-c4ccc5ccnc(N)c5c4)ccc32)C1. The van der Waals surface area contributed by atoms with Crippen LogP contribution in [0.15, 0.2) is 72.9 Å². The molecule has 1 atom stereocenters. The largest absolute Gasteiger partial charge is 0.487 e. The van der Waals surface area contributed by atoms with Crippen LogP contribution >= 0.6 is 0 Å². The normalized spacial score (nSPS) is 14.9. The van der Waals surface area contributed by atoms with E-state index in [9.17, 15) is 14.7 Å². The molecule has 0 saturated carbocycles. The van der Waals surface area contributed by atoms with Gasteiger partial charge in [0.25, 0.3) is 0 Å². The van der Waals surface area contributed by atoms with Gasteiger partial charge in [-0.3, -0.25) is 9.48 Å². The van der Waals surface area contributed by atoms with Gasteiger partial charge in [0.05, 0.1) is 24.6 Å². The highest BCUT2D eigenvalue weighted by molar-refractivity contribution is 5.95. The molecule has 5 aromatic rings. The van der Waals surface area contributed by atoms with E-state index in [1.807, 2.05) is 35.0 Å². The molecule has 0 aliphatic carbocycles. The molecule has 0 bridgehead atoms. The lowest BCUT2D eigenvalue weighted by Crippen LogP contribution is -2.29. The highest BCUT2D eigenvalue weighted by Gasteiger charge is 2.30. The third-order valence-corrected chi connectivity index (χ3v) is 7.63. The maximum atomic E-state index is 12.4. The van der Waals surface area contributed by atoms with Crippen LogP contribution in [0.25, 0.3) is 32.8 Å². The van der Waals surface area contributed by atoms with Crippen molar-refractivity contribution in [2.24, 2.45) is 0 Å². The predicted molar refractivity (Wildman–Crippen MR) is 159 cm³/mol. The number of hydrogen-bond donors (Lipinski definition) is 2. The second-order valence-electron chi connectivity index (χ2n) is 10.3. The van der Waals surface area contributed by atoms with Gasteiger partial charge in [0.2, 0.25) is 0 Å². The summed E-state index contributed by atoms with van der Waals surface area (Å²) in [4.78, 5) is 29.7. The zero-order valence-electron chi connectivity index (χ0n) is 23.2. The summed E-state index contributed by atoms with van der Waals surface area (Å²) < 4.78 is 13.4. The van der Waals surface area contributed by atoms with Crippen LogP contribution in [0.1, 0.15) is 30.6 Å².